The Kier molecular flexibility index (Phi) is 10.4. The highest BCUT2D eigenvalue weighted by atomic mass is 32.2. The van der Waals surface area contributed by atoms with Gasteiger partial charge < -0.3 is 13.9 Å². The van der Waals surface area contributed by atoms with E-state index < -0.39 is 24.1 Å². The minimum Gasteiger partial charge on any atom is -0.410 e. The molecular weight excluding hydrogens is 589 g/mol. The van der Waals surface area contributed by atoms with Crippen LogP contribution in [-0.4, -0.2) is 47.9 Å². The molecule has 1 aliphatic heterocycles. The van der Waals surface area contributed by atoms with E-state index >= 15 is 0 Å². The van der Waals surface area contributed by atoms with Crippen LogP contribution >= 0.6 is 0 Å². The normalized spacial score (nSPS) is 28.2. The van der Waals surface area contributed by atoms with Gasteiger partial charge in [0, 0.05) is 30.6 Å². The fraction of sp³-hybridized carbons (Fsp3) is 0.714. The van der Waals surface area contributed by atoms with Gasteiger partial charge in [0.15, 0.2) is 14.1 Å². The third-order valence-electron chi connectivity index (χ3n) is 10.2. The van der Waals surface area contributed by atoms with Crippen molar-refractivity contribution in [3.05, 3.63) is 42.0 Å². The second-order valence-corrected chi connectivity index (χ2v) is 22.0. The molecule has 1 spiro atoms. The van der Waals surface area contributed by atoms with Gasteiger partial charge in [-0.1, -0.05) is 75.9 Å². The summed E-state index contributed by atoms with van der Waals surface area (Å²) in [6.07, 6.45) is 7.40. The minimum absolute atomic E-state index is 0.00479. The smallest absolute Gasteiger partial charge is 0.299 e. The molecule has 6 atom stereocenters. The number of ether oxygens (including phenoxy) is 2. The molecule has 2 saturated carbocycles. The van der Waals surface area contributed by atoms with E-state index in [0.29, 0.717) is 19.1 Å². The van der Waals surface area contributed by atoms with Gasteiger partial charge in [-0.3, -0.25) is 0 Å². The van der Waals surface area contributed by atoms with Crippen molar-refractivity contribution in [1.82, 2.24) is 0 Å². The van der Waals surface area contributed by atoms with Crippen LogP contribution < -0.4 is 0 Å². The highest BCUT2D eigenvalue weighted by Crippen LogP contribution is 2.56. The van der Waals surface area contributed by atoms with Gasteiger partial charge in [-0.15, -0.1) is 11.8 Å². The largest absolute Gasteiger partial charge is 0.410 e. The Morgan fingerprint density at radius 1 is 1.14 bits per heavy atom. The molecular formula is C35H54N2O5SSi. The van der Waals surface area contributed by atoms with Gasteiger partial charge in [-0.25, -0.2) is 0 Å². The molecule has 7 nitrogen and oxygen atoms in total. The van der Waals surface area contributed by atoms with Crippen LogP contribution in [0, 0.1) is 47.9 Å². The molecule has 0 amide bonds. The van der Waals surface area contributed by atoms with E-state index in [0.717, 1.165) is 31.2 Å². The first-order chi connectivity index (χ1) is 20.4. The Labute approximate surface area is 267 Å². The number of rotatable bonds is 9. The summed E-state index contributed by atoms with van der Waals surface area (Å²) >= 11 is 0. The zero-order valence-corrected chi connectivity index (χ0v) is 30.3. The van der Waals surface area contributed by atoms with Gasteiger partial charge in [0.1, 0.15) is 0 Å². The topological polar surface area (TPSA) is 86.6 Å². The number of nitrogens with zero attached hydrogens (tertiary/aromatic N) is 2. The van der Waals surface area contributed by atoms with Crippen molar-refractivity contribution < 1.29 is 22.3 Å². The number of benzene rings is 1. The van der Waals surface area contributed by atoms with Gasteiger partial charge in [-0.2, -0.15) is 13.5 Å². The Morgan fingerprint density at radius 3 is 2.36 bits per heavy atom. The summed E-state index contributed by atoms with van der Waals surface area (Å²) in [5.41, 5.74) is 0.989. The molecule has 1 unspecified atom stereocenters. The van der Waals surface area contributed by atoms with Crippen LogP contribution in [0.5, 0.6) is 0 Å². The van der Waals surface area contributed by atoms with Gasteiger partial charge in [0.2, 0.25) is 0 Å². The molecule has 1 aromatic carbocycles. The maximum Gasteiger partial charge on any atom is 0.299 e. The van der Waals surface area contributed by atoms with Gasteiger partial charge in [0.05, 0.1) is 30.3 Å². The first-order valence-corrected chi connectivity index (χ1v) is 20.5. The average molecular weight is 643 g/mol. The zero-order chi connectivity index (χ0) is 32.6. The van der Waals surface area contributed by atoms with Crippen LogP contribution in [0.2, 0.25) is 18.1 Å². The lowest BCUT2D eigenvalue weighted by Crippen LogP contribution is -2.46. The van der Waals surface area contributed by atoms with E-state index in [2.05, 4.69) is 88.3 Å². The SMILES string of the molecule is CC#CC[C@H](C)[C@@H](C=C[C@H]1C(N=NS(=O)(=O)c2ccc(C)cc2)C[C@@H]2CC3(C[C@@H]21)OCC(C)(C)CO3)O[Si](C)(C)C(C)(C)C. The van der Waals surface area contributed by atoms with E-state index in [1.54, 1.807) is 24.3 Å². The monoisotopic (exact) mass is 642 g/mol. The van der Waals surface area contributed by atoms with E-state index in [4.69, 9.17) is 13.9 Å². The molecule has 1 heterocycles. The number of aryl methyl sites for hydroxylation is 1. The van der Waals surface area contributed by atoms with Crippen molar-refractivity contribution in [2.24, 2.45) is 38.7 Å². The predicted molar refractivity (Wildman–Crippen MR) is 178 cm³/mol. The number of fused-ring (bicyclic) bond motifs is 1. The van der Waals surface area contributed by atoms with Gasteiger partial charge in [0.25, 0.3) is 10.0 Å². The molecule has 3 fully saturated rings. The molecule has 1 aromatic rings. The van der Waals surface area contributed by atoms with E-state index in [-0.39, 0.29) is 45.2 Å². The lowest BCUT2D eigenvalue weighted by atomic mass is 9.88. The van der Waals surface area contributed by atoms with Crippen LogP contribution in [0.3, 0.4) is 0 Å². The second-order valence-electron chi connectivity index (χ2n) is 15.7. The minimum atomic E-state index is -3.90. The van der Waals surface area contributed by atoms with Crippen LogP contribution in [0.25, 0.3) is 0 Å². The van der Waals surface area contributed by atoms with Crippen molar-refractivity contribution >= 4 is 18.3 Å². The molecule has 0 radical (unpaired) electrons. The predicted octanol–water partition coefficient (Wildman–Crippen LogP) is 8.32. The van der Waals surface area contributed by atoms with Crippen LogP contribution in [0.1, 0.15) is 79.7 Å². The fourth-order valence-electron chi connectivity index (χ4n) is 6.35. The fourth-order valence-corrected chi connectivity index (χ4v) is 8.51. The Bertz CT molecular complexity index is 1370. The lowest BCUT2D eigenvalue weighted by Gasteiger charge is -2.42. The molecule has 0 N–H and O–H groups in total. The summed E-state index contributed by atoms with van der Waals surface area (Å²) in [4.78, 5) is 0.163. The highest BCUT2D eigenvalue weighted by Gasteiger charge is 2.57. The molecule has 4 rings (SSSR count). The Hall–Kier alpha value is -1.83. The molecule has 244 valence electrons. The first-order valence-electron chi connectivity index (χ1n) is 16.1. The van der Waals surface area contributed by atoms with Crippen LogP contribution in [0.15, 0.2) is 50.9 Å². The van der Waals surface area contributed by atoms with Crippen molar-refractivity contribution in [2.45, 2.75) is 122 Å². The molecule has 1 saturated heterocycles. The Morgan fingerprint density at radius 2 is 1.77 bits per heavy atom. The summed E-state index contributed by atoms with van der Waals surface area (Å²) in [5, 5.41) is 4.62. The molecule has 0 bridgehead atoms. The van der Waals surface area contributed by atoms with Gasteiger partial charge >= 0.3 is 0 Å². The molecule has 3 aliphatic rings. The maximum absolute atomic E-state index is 13.1. The number of hydrogen-bond acceptors (Lipinski definition) is 6. The standard InChI is InChI=1S/C35H54N2O5SSi/c1-11-12-13-26(3)32(42-44(9,10)33(4,5)6)19-18-29-30-22-35(40-23-34(7,8)24-41-35)21-27(30)20-31(29)36-37-43(38,39)28-16-14-25(2)15-17-28/h14-19,26-27,29-32H,13,20-24H2,1-10H3/t26-,27+,29+,30-,31?,32+/m0/s1. The van der Waals surface area contributed by atoms with E-state index in [1.165, 1.54) is 0 Å². The molecule has 0 aromatic heterocycles. The summed E-state index contributed by atoms with van der Waals surface area (Å²) in [5.74, 6) is 6.46. The van der Waals surface area contributed by atoms with Crippen LogP contribution in [0.4, 0.5) is 0 Å². The quantitative estimate of drug-likeness (QED) is 0.117. The summed E-state index contributed by atoms with van der Waals surface area (Å²) in [7, 11) is -5.97. The third-order valence-corrected chi connectivity index (χ3v) is 15.9. The zero-order valence-electron chi connectivity index (χ0n) is 28.5. The molecule has 2 aliphatic carbocycles. The number of hydrogen-bond donors (Lipinski definition) is 0. The molecule has 44 heavy (non-hydrogen) atoms. The summed E-state index contributed by atoms with van der Waals surface area (Å²) < 4.78 is 50.0. The highest BCUT2D eigenvalue weighted by molar-refractivity contribution is 7.90. The van der Waals surface area contributed by atoms with Gasteiger partial charge in [-0.05, 0) is 68.3 Å². The molecule has 9 heteroatoms. The Balaban J connectivity index is 1.64. The average Bonchev–Trinajstić information content (AvgIpc) is 3.44. The second kappa shape index (κ2) is 13.1. The van der Waals surface area contributed by atoms with E-state index in [9.17, 15) is 8.42 Å². The van der Waals surface area contributed by atoms with Crippen molar-refractivity contribution in [2.75, 3.05) is 13.2 Å². The number of sulfonamides is 1. The van der Waals surface area contributed by atoms with Crippen molar-refractivity contribution in [3.63, 3.8) is 0 Å². The summed E-state index contributed by atoms with van der Waals surface area (Å²) in [6.45, 7) is 23.0. The van der Waals surface area contributed by atoms with Crippen LogP contribution in [-0.2, 0) is 23.9 Å². The first kappa shape index (κ1) is 35.0. The maximum atomic E-state index is 13.1. The van der Waals surface area contributed by atoms with Crippen molar-refractivity contribution in [1.29, 1.82) is 0 Å². The van der Waals surface area contributed by atoms with E-state index in [1.807, 2.05) is 13.8 Å². The summed E-state index contributed by atoms with van der Waals surface area (Å²) in [6, 6.07) is 6.50. The van der Waals surface area contributed by atoms with Crippen molar-refractivity contribution in [3.8, 4) is 11.8 Å². The third kappa shape index (κ3) is 8.11. The lowest BCUT2D eigenvalue weighted by molar-refractivity contribution is -0.297.